The summed E-state index contributed by atoms with van der Waals surface area (Å²) in [7, 11) is 0. The number of nitrogens with two attached hydrogens (primary N) is 1. The molecule has 0 spiro atoms. The van der Waals surface area contributed by atoms with E-state index in [9.17, 15) is 4.79 Å². The molecule has 1 saturated carbocycles. The Balaban J connectivity index is 1.36. The van der Waals surface area contributed by atoms with Crippen LogP contribution in [0, 0.1) is 0 Å². The van der Waals surface area contributed by atoms with Crippen molar-refractivity contribution in [3.63, 3.8) is 0 Å². The largest absolute Gasteiger partial charge is 0.328 e. The molecule has 5 rings (SSSR count). The Bertz CT molecular complexity index is 1010. The van der Waals surface area contributed by atoms with Gasteiger partial charge in [0.15, 0.2) is 0 Å². The molecule has 1 amide bonds. The van der Waals surface area contributed by atoms with Crippen LogP contribution in [0.25, 0.3) is 20.8 Å². The van der Waals surface area contributed by atoms with Gasteiger partial charge in [-0.2, -0.15) is 0 Å². The van der Waals surface area contributed by atoms with Gasteiger partial charge in [0.1, 0.15) is 15.5 Å². The average molecular weight is 429 g/mol. The van der Waals surface area contributed by atoms with Crippen LogP contribution in [0.1, 0.15) is 29.7 Å². The van der Waals surface area contributed by atoms with Gasteiger partial charge in [-0.25, -0.2) is 4.98 Å². The van der Waals surface area contributed by atoms with Crippen LogP contribution in [0.3, 0.4) is 0 Å². The van der Waals surface area contributed by atoms with Crippen molar-refractivity contribution >= 4 is 43.8 Å². The SMILES string of the molecule is NC1CC(NCCC(=O)Nc2sc3c(c2-c2nc4cnccc4s2)CCNC3)C1. The van der Waals surface area contributed by atoms with E-state index >= 15 is 0 Å². The number of carbonyl (C=O) groups is 1. The smallest absolute Gasteiger partial charge is 0.226 e. The fourth-order valence-electron chi connectivity index (χ4n) is 3.94. The highest BCUT2D eigenvalue weighted by Crippen LogP contribution is 2.44. The molecule has 0 radical (unpaired) electrons. The Kier molecular flexibility index (Phi) is 5.31. The highest BCUT2D eigenvalue weighted by atomic mass is 32.1. The van der Waals surface area contributed by atoms with Crippen LogP contribution in [0.2, 0.25) is 0 Å². The second kappa shape index (κ2) is 8.08. The van der Waals surface area contributed by atoms with Crippen LogP contribution < -0.4 is 21.7 Å². The van der Waals surface area contributed by atoms with Crippen molar-refractivity contribution < 1.29 is 4.79 Å². The summed E-state index contributed by atoms with van der Waals surface area (Å²) < 4.78 is 1.11. The number of thiophene rings is 1. The van der Waals surface area contributed by atoms with Gasteiger partial charge in [-0.15, -0.1) is 22.7 Å². The third-order valence-electron chi connectivity index (χ3n) is 5.54. The monoisotopic (exact) mass is 428 g/mol. The van der Waals surface area contributed by atoms with E-state index in [1.807, 2.05) is 6.07 Å². The van der Waals surface area contributed by atoms with Crippen molar-refractivity contribution in [3.8, 4) is 10.6 Å². The van der Waals surface area contributed by atoms with Crippen LogP contribution in [-0.4, -0.2) is 41.0 Å². The summed E-state index contributed by atoms with van der Waals surface area (Å²) >= 11 is 3.33. The second-order valence-electron chi connectivity index (χ2n) is 7.68. The van der Waals surface area contributed by atoms with Crippen molar-refractivity contribution in [2.24, 2.45) is 5.73 Å². The van der Waals surface area contributed by atoms with Crippen molar-refractivity contribution in [1.82, 2.24) is 20.6 Å². The lowest BCUT2D eigenvalue weighted by molar-refractivity contribution is -0.116. The molecule has 0 atom stereocenters. The standard InChI is InChI=1S/C20H24N6OS2/c21-11-7-12(8-11)24-6-3-17(27)26-20-18(13-1-4-23-10-16(13)29-20)19-25-14-9-22-5-2-15(14)28-19/h2,5,9,11-12,23-24H,1,3-4,6-8,10,21H2,(H,26,27). The molecule has 0 bridgehead atoms. The number of hydrogen-bond donors (Lipinski definition) is 4. The molecule has 0 saturated heterocycles. The molecule has 5 N–H and O–H groups in total. The minimum Gasteiger partial charge on any atom is -0.328 e. The highest BCUT2D eigenvalue weighted by molar-refractivity contribution is 7.22. The number of pyridine rings is 1. The van der Waals surface area contributed by atoms with E-state index in [-0.39, 0.29) is 5.91 Å². The van der Waals surface area contributed by atoms with Crippen molar-refractivity contribution in [2.75, 3.05) is 18.4 Å². The lowest BCUT2D eigenvalue weighted by Gasteiger charge is -2.33. The van der Waals surface area contributed by atoms with Crippen LogP contribution >= 0.6 is 22.7 Å². The number of amides is 1. The molecule has 2 aliphatic rings. The van der Waals surface area contributed by atoms with Gasteiger partial charge in [0.25, 0.3) is 0 Å². The zero-order valence-corrected chi connectivity index (χ0v) is 17.7. The normalized spacial score (nSPS) is 21.0. The van der Waals surface area contributed by atoms with Crippen molar-refractivity contribution in [1.29, 1.82) is 0 Å². The van der Waals surface area contributed by atoms with E-state index in [2.05, 4.69) is 20.9 Å². The third-order valence-corrected chi connectivity index (χ3v) is 7.75. The molecule has 1 aliphatic heterocycles. The van der Waals surface area contributed by atoms with E-state index in [1.165, 1.54) is 10.4 Å². The van der Waals surface area contributed by atoms with Gasteiger partial charge in [0, 0.05) is 48.2 Å². The van der Waals surface area contributed by atoms with E-state index in [4.69, 9.17) is 10.7 Å². The maximum atomic E-state index is 12.6. The molecule has 29 heavy (non-hydrogen) atoms. The van der Waals surface area contributed by atoms with E-state index < -0.39 is 0 Å². The number of thiazole rings is 1. The summed E-state index contributed by atoms with van der Waals surface area (Å²) in [6, 6.07) is 2.77. The van der Waals surface area contributed by atoms with Crippen molar-refractivity contribution in [2.45, 2.75) is 44.3 Å². The predicted molar refractivity (Wildman–Crippen MR) is 118 cm³/mol. The fraction of sp³-hybridized carbons (Fsp3) is 0.450. The second-order valence-corrected chi connectivity index (χ2v) is 9.81. The molecular formula is C20H24N6OS2. The first-order valence-electron chi connectivity index (χ1n) is 10.0. The number of carbonyl (C=O) groups excluding carboxylic acids is 1. The molecule has 4 heterocycles. The maximum absolute atomic E-state index is 12.6. The van der Waals surface area contributed by atoms with Crippen LogP contribution in [0.4, 0.5) is 5.00 Å². The molecule has 3 aromatic heterocycles. The number of rotatable bonds is 6. The minimum absolute atomic E-state index is 0.0386. The highest BCUT2D eigenvalue weighted by Gasteiger charge is 2.26. The molecule has 7 nitrogen and oxygen atoms in total. The fourth-order valence-corrected chi connectivity index (χ4v) is 6.25. The average Bonchev–Trinajstić information content (AvgIpc) is 3.26. The van der Waals surface area contributed by atoms with Crippen LogP contribution in [0.15, 0.2) is 18.5 Å². The Hall–Kier alpha value is -1.91. The number of hydrogen-bond acceptors (Lipinski definition) is 8. The summed E-state index contributed by atoms with van der Waals surface area (Å²) in [6.07, 6.45) is 7.00. The quantitative estimate of drug-likeness (QED) is 0.481. The molecular weight excluding hydrogens is 404 g/mol. The van der Waals surface area contributed by atoms with Crippen molar-refractivity contribution in [3.05, 3.63) is 28.9 Å². The van der Waals surface area contributed by atoms with E-state index in [1.54, 1.807) is 35.1 Å². The van der Waals surface area contributed by atoms with Gasteiger partial charge >= 0.3 is 0 Å². The van der Waals surface area contributed by atoms with Gasteiger partial charge in [0.05, 0.1) is 10.9 Å². The summed E-state index contributed by atoms with van der Waals surface area (Å²) in [5.41, 5.74) is 9.14. The Morgan fingerprint density at radius 2 is 2.24 bits per heavy atom. The van der Waals surface area contributed by atoms with E-state index in [0.29, 0.717) is 25.0 Å². The zero-order chi connectivity index (χ0) is 19.8. The molecule has 152 valence electrons. The van der Waals surface area contributed by atoms with E-state index in [0.717, 1.165) is 58.1 Å². The third kappa shape index (κ3) is 3.93. The Labute approximate surface area is 177 Å². The topological polar surface area (TPSA) is 105 Å². The Morgan fingerprint density at radius 3 is 3.07 bits per heavy atom. The molecule has 0 aromatic carbocycles. The summed E-state index contributed by atoms with van der Waals surface area (Å²) in [5.74, 6) is 0.0386. The predicted octanol–water partition coefficient (Wildman–Crippen LogP) is 2.47. The molecule has 1 aliphatic carbocycles. The zero-order valence-electron chi connectivity index (χ0n) is 16.0. The van der Waals surface area contributed by atoms with Gasteiger partial charge < -0.3 is 21.7 Å². The first-order chi connectivity index (χ1) is 14.2. The number of nitrogens with zero attached hydrogens (tertiary/aromatic N) is 2. The molecule has 1 fully saturated rings. The summed E-state index contributed by atoms with van der Waals surface area (Å²) in [5, 5.41) is 11.9. The number of fused-ring (bicyclic) bond motifs is 2. The molecule has 3 aromatic rings. The first-order valence-corrected chi connectivity index (χ1v) is 11.7. The lowest BCUT2D eigenvalue weighted by Crippen LogP contribution is -2.48. The summed E-state index contributed by atoms with van der Waals surface area (Å²) in [6.45, 7) is 2.47. The number of anilines is 1. The van der Waals surface area contributed by atoms with Gasteiger partial charge in [-0.1, -0.05) is 0 Å². The maximum Gasteiger partial charge on any atom is 0.226 e. The number of nitrogens with one attached hydrogen (secondary N) is 3. The lowest BCUT2D eigenvalue weighted by atomic mass is 9.88. The Morgan fingerprint density at radius 1 is 1.34 bits per heavy atom. The first kappa shape index (κ1) is 19.1. The van der Waals surface area contributed by atoms with Gasteiger partial charge in [-0.05, 0) is 37.4 Å². The molecule has 9 heteroatoms. The molecule has 0 unspecified atom stereocenters. The van der Waals surface area contributed by atoms with Gasteiger partial charge in [0.2, 0.25) is 5.91 Å². The minimum atomic E-state index is 0.0386. The van der Waals surface area contributed by atoms with Crippen LogP contribution in [0.5, 0.6) is 0 Å². The van der Waals surface area contributed by atoms with Crippen LogP contribution in [-0.2, 0) is 17.8 Å². The number of aromatic nitrogens is 2. The van der Waals surface area contributed by atoms with Gasteiger partial charge in [-0.3, -0.25) is 9.78 Å². The summed E-state index contributed by atoms with van der Waals surface area (Å²) in [4.78, 5) is 22.9.